The van der Waals surface area contributed by atoms with Crippen LogP contribution in [0.4, 0.5) is 0 Å². The van der Waals surface area contributed by atoms with Crippen LogP contribution in [0.15, 0.2) is 54.3 Å². The van der Waals surface area contributed by atoms with Crippen LogP contribution in [0, 0.1) is 0 Å². The molecule has 0 radical (unpaired) electrons. The van der Waals surface area contributed by atoms with E-state index in [4.69, 9.17) is 4.74 Å². The minimum Gasteiger partial charge on any atom is -0.507 e. The molecular weight excluding hydrogens is 276 g/mol. The molecule has 1 saturated carbocycles. The van der Waals surface area contributed by atoms with Gasteiger partial charge in [0.25, 0.3) is 0 Å². The summed E-state index contributed by atoms with van der Waals surface area (Å²) in [5, 5.41) is 10.8. The van der Waals surface area contributed by atoms with E-state index in [2.05, 4.69) is 6.58 Å². The largest absolute Gasteiger partial charge is 0.507 e. The van der Waals surface area contributed by atoms with E-state index < -0.39 is 11.6 Å². The van der Waals surface area contributed by atoms with Gasteiger partial charge >= 0.3 is 5.97 Å². The van der Waals surface area contributed by atoms with Gasteiger partial charge in [-0.25, -0.2) is 4.79 Å². The third-order valence-corrected chi connectivity index (χ3v) is 4.81. The van der Waals surface area contributed by atoms with Crippen LogP contribution in [0.3, 0.4) is 0 Å². The van der Waals surface area contributed by atoms with Crippen molar-refractivity contribution in [3.8, 4) is 0 Å². The van der Waals surface area contributed by atoms with E-state index in [0.29, 0.717) is 18.4 Å². The molecule has 1 fully saturated rings. The second-order valence-corrected chi connectivity index (χ2v) is 6.18. The van der Waals surface area contributed by atoms with Crippen molar-refractivity contribution in [3.05, 3.63) is 59.9 Å². The average Bonchev–Trinajstić information content (AvgIpc) is 2.72. The summed E-state index contributed by atoms with van der Waals surface area (Å²) in [5.41, 5.74) is 0.517. The highest BCUT2D eigenvalue weighted by Crippen LogP contribution is 2.45. The number of esters is 1. The number of allylic oxidation sites excluding steroid dienone is 1. The van der Waals surface area contributed by atoms with Crippen molar-refractivity contribution in [1.29, 1.82) is 0 Å². The predicted molar refractivity (Wildman–Crippen MR) is 85.6 cm³/mol. The molecule has 1 aliphatic heterocycles. The Hall–Kier alpha value is -2.03. The van der Waals surface area contributed by atoms with Gasteiger partial charge in [0.15, 0.2) is 5.60 Å². The Kier molecular flexibility index (Phi) is 4.06. The van der Waals surface area contributed by atoms with Crippen molar-refractivity contribution in [3.63, 3.8) is 0 Å². The molecule has 0 aromatic heterocycles. The molecule has 1 heterocycles. The minimum absolute atomic E-state index is 0.133. The molecule has 0 bridgehead atoms. The molecule has 3 heteroatoms. The second-order valence-electron chi connectivity index (χ2n) is 6.18. The molecule has 22 heavy (non-hydrogen) atoms. The lowest BCUT2D eigenvalue weighted by Gasteiger charge is -2.26. The molecule has 3 rings (SSSR count). The number of aliphatic hydroxyl groups is 1. The zero-order valence-corrected chi connectivity index (χ0v) is 12.8. The normalized spacial score (nSPS) is 22.3. The molecule has 1 atom stereocenters. The van der Waals surface area contributed by atoms with Crippen LogP contribution in [-0.2, 0) is 9.53 Å². The van der Waals surface area contributed by atoms with Crippen LogP contribution in [-0.4, -0.2) is 16.7 Å². The van der Waals surface area contributed by atoms with E-state index >= 15 is 0 Å². The molecule has 1 aromatic rings. The number of aliphatic hydroxyl groups excluding tert-OH is 1. The van der Waals surface area contributed by atoms with Crippen LogP contribution in [0.25, 0.3) is 0 Å². The smallest absolute Gasteiger partial charge is 0.339 e. The van der Waals surface area contributed by atoms with Crippen LogP contribution in [0.5, 0.6) is 0 Å². The summed E-state index contributed by atoms with van der Waals surface area (Å²) in [6, 6.07) is 9.66. The summed E-state index contributed by atoms with van der Waals surface area (Å²) in [6.45, 7) is 3.85. The lowest BCUT2D eigenvalue weighted by molar-refractivity contribution is -0.149. The monoisotopic (exact) mass is 298 g/mol. The zero-order chi connectivity index (χ0) is 15.6. The first-order chi connectivity index (χ1) is 10.7. The molecular formula is C19H22O3. The third-order valence-electron chi connectivity index (χ3n) is 4.81. The SMILES string of the molecule is C=CC(C1=C(O)C2(CCCCCC2)OC1=O)c1ccccc1. The summed E-state index contributed by atoms with van der Waals surface area (Å²) in [7, 11) is 0. The Morgan fingerprint density at radius 1 is 1.14 bits per heavy atom. The van der Waals surface area contributed by atoms with Crippen LogP contribution >= 0.6 is 0 Å². The van der Waals surface area contributed by atoms with Crippen molar-refractivity contribution in [2.45, 2.75) is 50.0 Å². The molecule has 2 aliphatic rings. The molecule has 1 aliphatic carbocycles. The van der Waals surface area contributed by atoms with Crippen molar-refractivity contribution >= 4 is 5.97 Å². The van der Waals surface area contributed by atoms with Gasteiger partial charge in [-0.1, -0.05) is 49.2 Å². The molecule has 1 aromatic carbocycles. The van der Waals surface area contributed by atoms with Crippen LogP contribution in [0.1, 0.15) is 50.0 Å². The highest BCUT2D eigenvalue weighted by Gasteiger charge is 2.49. The fourth-order valence-electron chi connectivity index (χ4n) is 3.62. The number of carbonyl (C=O) groups excluding carboxylic acids is 1. The molecule has 1 unspecified atom stereocenters. The van der Waals surface area contributed by atoms with Crippen molar-refractivity contribution in [2.75, 3.05) is 0 Å². The van der Waals surface area contributed by atoms with Gasteiger partial charge in [-0.05, 0) is 31.2 Å². The minimum atomic E-state index is -0.793. The van der Waals surface area contributed by atoms with Crippen LogP contribution < -0.4 is 0 Å². The summed E-state index contributed by atoms with van der Waals surface area (Å²) in [6.07, 6.45) is 7.36. The zero-order valence-electron chi connectivity index (χ0n) is 12.8. The summed E-state index contributed by atoms with van der Waals surface area (Å²) < 4.78 is 5.69. The molecule has 0 amide bonds. The van der Waals surface area contributed by atoms with Gasteiger partial charge in [-0.15, -0.1) is 6.58 Å². The van der Waals surface area contributed by atoms with E-state index in [1.165, 1.54) is 0 Å². The maximum atomic E-state index is 12.5. The van der Waals surface area contributed by atoms with Gasteiger partial charge in [-0.2, -0.15) is 0 Å². The van der Waals surface area contributed by atoms with Crippen molar-refractivity contribution in [1.82, 2.24) is 0 Å². The molecule has 116 valence electrons. The number of carbonyl (C=O) groups is 1. The topological polar surface area (TPSA) is 46.5 Å². The maximum absolute atomic E-state index is 12.5. The van der Waals surface area contributed by atoms with Crippen molar-refractivity contribution in [2.24, 2.45) is 0 Å². The van der Waals surface area contributed by atoms with Gasteiger partial charge in [-0.3, -0.25) is 0 Å². The van der Waals surface area contributed by atoms with E-state index in [-0.39, 0.29) is 11.7 Å². The number of rotatable bonds is 3. The Labute approximate surface area is 131 Å². The standard InChI is InChI=1S/C19H22O3/c1-2-15(14-10-6-5-7-11-14)16-17(20)19(22-18(16)21)12-8-3-4-9-13-19/h2,5-7,10-11,15,20H,1,3-4,8-9,12-13H2. The lowest BCUT2D eigenvalue weighted by Crippen LogP contribution is -2.31. The van der Waals surface area contributed by atoms with Gasteiger partial charge < -0.3 is 9.84 Å². The first-order valence-electron chi connectivity index (χ1n) is 8.02. The number of hydrogen-bond donors (Lipinski definition) is 1. The summed E-state index contributed by atoms with van der Waals surface area (Å²) >= 11 is 0. The predicted octanol–water partition coefficient (Wildman–Crippen LogP) is 4.42. The Morgan fingerprint density at radius 2 is 1.77 bits per heavy atom. The van der Waals surface area contributed by atoms with E-state index in [1.807, 2.05) is 30.3 Å². The summed E-state index contributed by atoms with van der Waals surface area (Å²) in [5.74, 6) is -0.586. The first kappa shape index (κ1) is 14.9. The molecule has 3 nitrogen and oxygen atoms in total. The van der Waals surface area contributed by atoms with E-state index in [0.717, 1.165) is 31.2 Å². The molecule has 1 spiro atoms. The van der Waals surface area contributed by atoms with Gasteiger partial charge in [0.05, 0.1) is 5.57 Å². The number of ether oxygens (including phenoxy) is 1. The van der Waals surface area contributed by atoms with Gasteiger partial charge in [0.2, 0.25) is 0 Å². The Bertz CT molecular complexity index is 592. The first-order valence-corrected chi connectivity index (χ1v) is 8.02. The van der Waals surface area contributed by atoms with Gasteiger partial charge in [0, 0.05) is 5.92 Å². The van der Waals surface area contributed by atoms with Gasteiger partial charge in [0.1, 0.15) is 5.76 Å². The maximum Gasteiger partial charge on any atom is 0.339 e. The quantitative estimate of drug-likeness (QED) is 0.664. The average molecular weight is 298 g/mol. The second kappa shape index (κ2) is 5.99. The molecule has 0 saturated heterocycles. The van der Waals surface area contributed by atoms with E-state index in [9.17, 15) is 9.90 Å². The van der Waals surface area contributed by atoms with Crippen LogP contribution in [0.2, 0.25) is 0 Å². The van der Waals surface area contributed by atoms with E-state index in [1.54, 1.807) is 6.08 Å². The Balaban J connectivity index is 2.02. The molecule has 1 N–H and O–H groups in total. The third kappa shape index (κ3) is 2.45. The fourth-order valence-corrected chi connectivity index (χ4v) is 3.62. The Morgan fingerprint density at radius 3 is 2.36 bits per heavy atom. The highest BCUT2D eigenvalue weighted by atomic mass is 16.6. The number of hydrogen-bond acceptors (Lipinski definition) is 3. The number of benzene rings is 1. The lowest BCUT2D eigenvalue weighted by atomic mass is 9.85. The fraction of sp³-hybridized carbons (Fsp3) is 0.421. The summed E-state index contributed by atoms with van der Waals surface area (Å²) in [4.78, 5) is 12.5. The van der Waals surface area contributed by atoms with Crippen molar-refractivity contribution < 1.29 is 14.6 Å². The highest BCUT2D eigenvalue weighted by molar-refractivity contribution is 5.94.